The van der Waals surface area contributed by atoms with Gasteiger partial charge in [0.2, 0.25) is 0 Å². The van der Waals surface area contributed by atoms with Crippen LogP contribution in [-0.4, -0.2) is 11.8 Å². The molecule has 2 rings (SSSR count). The summed E-state index contributed by atoms with van der Waals surface area (Å²) in [6.07, 6.45) is 0.585. The molecule has 0 radical (unpaired) electrons. The Kier molecular flexibility index (Phi) is 5.59. The van der Waals surface area contributed by atoms with E-state index in [-0.39, 0.29) is 11.9 Å². The highest BCUT2D eigenvalue weighted by molar-refractivity contribution is 7.99. The largest absolute Gasteiger partial charge is 0.271 e. The molecule has 1 atom stereocenters. The number of nitrogens with one attached hydrogen (secondary N) is 1. The van der Waals surface area contributed by atoms with Gasteiger partial charge in [-0.1, -0.05) is 36.4 Å². The van der Waals surface area contributed by atoms with Crippen molar-refractivity contribution in [1.29, 1.82) is 0 Å². The first-order valence-electron chi connectivity index (χ1n) is 6.58. The number of thioether (sulfide) groups is 1. The zero-order chi connectivity index (χ0) is 14.4. The summed E-state index contributed by atoms with van der Waals surface area (Å²) in [6.45, 7) is 2.09. The topological polar surface area (TPSA) is 38.0 Å². The Bertz CT molecular complexity index is 560. The number of rotatable bonds is 6. The maximum Gasteiger partial charge on any atom is 0.126 e. The zero-order valence-electron chi connectivity index (χ0n) is 11.5. The molecule has 0 heterocycles. The number of benzene rings is 2. The van der Waals surface area contributed by atoms with Crippen molar-refractivity contribution in [3.63, 3.8) is 0 Å². The molecule has 4 heteroatoms. The average Bonchev–Trinajstić information content (AvgIpc) is 2.47. The van der Waals surface area contributed by atoms with Gasteiger partial charge in [0.25, 0.3) is 0 Å². The third-order valence-corrected chi connectivity index (χ3v) is 4.53. The molecule has 1 unspecified atom stereocenters. The molecular formula is C16H19FN2S. The quantitative estimate of drug-likeness (QED) is 0.487. The summed E-state index contributed by atoms with van der Waals surface area (Å²) in [5.41, 5.74) is 4.72. The number of hydrogen-bond acceptors (Lipinski definition) is 3. The van der Waals surface area contributed by atoms with Crippen LogP contribution < -0.4 is 11.3 Å². The third-order valence-electron chi connectivity index (χ3n) is 3.19. The van der Waals surface area contributed by atoms with Gasteiger partial charge < -0.3 is 0 Å². The van der Waals surface area contributed by atoms with Gasteiger partial charge >= 0.3 is 0 Å². The molecule has 0 spiro atoms. The lowest BCUT2D eigenvalue weighted by Crippen LogP contribution is -2.38. The summed E-state index contributed by atoms with van der Waals surface area (Å²) in [5.74, 6) is 6.22. The summed E-state index contributed by atoms with van der Waals surface area (Å²) >= 11 is 1.74. The SMILES string of the molecule is Cc1ccccc1SCC(Cc1ccccc1F)NN. The van der Waals surface area contributed by atoms with Crippen LogP contribution in [0.3, 0.4) is 0 Å². The van der Waals surface area contributed by atoms with Gasteiger partial charge in [-0.2, -0.15) is 0 Å². The van der Waals surface area contributed by atoms with E-state index >= 15 is 0 Å². The second kappa shape index (κ2) is 7.43. The molecule has 0 saturated heterocycles. The van der Waals surface area contributed by atoms with Crippen molar-refractivity contribution in [2.24, 2.45) is 5.84 Å². The third kappa shape index (κ3) is 4.07. The van der Waals surface area contributed by atoms with E-state index in [9.17, 15) is 4.39 Å². The van der Waals surface area contributed by atoms with Crippen molar-refractivity contribution in [3.05, 3.63) is 65.5 Å². The fraction of sp³-hybridized carbons (Fsp3) is 0.250. The van der Waals surface area contributed by atoms with Crippen molar-refractivity contribution >= 4 is 11.8 Å². The molecule has 0 aliphatic carbocycles. The number of nitrogens with two attached hydrogens (primary N) is 1. The summed E-state index contributed by atoms with van der Waals surface area (Å²) < 4.78 is 13.6. The smallest absolute Gasteiger partial charge is 0.126 e. The lowest BCUT2D eigenvalue weighted by atomic mass is 10.1. The molecule has 0 amide bonds. The van der Waals surface area contributed by atoms with Gasteiger partial charge in [0, 0.05) is 16.7 Å². The van der Waals surface area contributed by atoms with E-state index < -0.39 is 0 Å². The highest BCUT2D eigenvalue weighted by Crippen LogP contribution is 2.23. The Morgan fingerprint density at radius 3 is 2.55 bits per heavy atom. The summed E-state index contributed by atoms with van der Waals surface area (Å²) in [5, 5.41) is 0. The van der Waals surface area contributed by atoms with Crippen LogP contribution in [0, 0.1) is 12.7 Å². The lowest BCUT2D eigenvalue weighted by Gasteiger charge is -2.16. The van der Waals surface area contributed by atoms with Crippen molar-refractivity contribution in [1.82, 2.24) is 5.43 Å². The van der Waals surface area contributed by atoms with E-state index in [1.54, 1.807) is 23.9 Å². The number of hydrazine groups is 1. The minimum absolute atomic E-state index is 0.0384. The normalized spacial score (nSPS) is 12.3. The Morgan fingerprint density at radius 2 is 1.85 bits per heavy atom. The summed E-state index contributed by atoms with van der Waals surface area (Å²) in [4.78, 5) is 1.24. The van der Waals surface area contributed by atoms with Gasteiger partial charge in [-0.3, -0.25) is 11.3 Å². The van der Waals surface area contributed by atoms with E-state index in [1.807, 2.05) is 18.2 Å². The van der Waals surface area contributed by atoms with Crippen LogP contribution in [-0.2, 0) is 6.42 Å². The average molecular weight is 290 g/mol. The van der Waals surface area contributed by atoms with Crippen LogP contribution in [0.5, 0.6) is 0 Å². The maximum absolute atomic E-state index is 13.6. The first-order chi connectivity index (χ1) is 9.70. The second-order valence-electron chi connectivity index (χ2n) is 4.74. The molecule has 0 aliphatic heterocycles. The number of halogens is 1. The molecule has 0 bridgehead atoms. The van der Waals surface area contributed by atoms with Gasteiger partial charge in [0.1, 0.15) is 5.82 Å². The Hall–Kier alpha value is -1.36. The van der Waals surface area contributed by atoms with E-state index in [0.29, 0.717) is 12.0 Å². The monoisotopic (exact) mass is 290 g/mol. The van der Waals surface area contributed by atoms with Crippen molar-refractivity contribution in [2.75, 3.05) is 5.75 Å². The second-order valence-corrected chi connectivity index (χ2v) is 5.80. The zero-order valence-corrected chi connectivity index (χ0v) is 12.3. The van der Waals surface area contributed by atoms with Crippen molar-refractivity contribution in [2.45, 2.75) is 24.3 Å². The van der Waals surface area contributed by atoms with Gasteiger partial charge in [-0.25, -0.2) is 4.39 Å². The molecule has 0 aliphatic rings. The van der Waals surface area contributed by atoms with Crippen molar-refractivity contribution < 1.29 is 4.39 Å². The molecule has 2 nitrogen and oxygen atoms in total. The van der Waals surface area contributed by atoms with Crippen LogP contribution in [0.1, 0.15) is 11.1 Å². The lowest BCUT2D eigenvalue weighted by molar-refractivity contribution is 0.546. The van der Waals surface area contributed by atoms with Gasteiger partial charge in [0.05, 0.1) is 0 Å². The standard InChI is InChI=1S/C16H19FN2S/c1-12-6-2-5-9-16(12)20-11-14(19-18)10-13-7-3-4-8-15(13)17/h2-9,14,19H,10-11,18H2,1H3. The molecule has 3 N–H and O–H groups in total. The minimum Gasteiger partial charge on any atom is -0.271 e. The highest BCUT2D eigenvalue weighted by atomic mass is 32.2. The van der Waals surface area contributed by atoms with E-state index in [1.165, 1.54) is 16.5 Å². The van der Waals surface area contributed by atoms with E-state index in [4.69, 9.17) is 5.84 Å². The fourth-order valence-corrected chi connectivity index (χ4v) is 3.07. The van der Waals surface area contributed by atoms with Crippen LogP contribution in [0.4, 0.5) is 4.39 Å². The van der Waals surface area contributed by atoms with Crippen molar-refractivity contribution in [3.8, 4) is 0 Å². The predicted octanol–water partition coefficient (Wildman–Crippen LogP) is 3.30. The maximum atomic E-state index is 13.6. The van der Waals surface area contributed by atoms with Gasteiger partial charge in [-0.15, -0.1) is 11.8 Å². The fourth-order valence-electron chi connectivity index (χ4n) is 2.00. The molecule has 0 fully saturated rings. The first-order valence-corrected chi connectivity index (χ1v) is 7.57. The predicted molar refractivity (Wildman–Crippen MR) is 83.1 cm³/mol. The molecule has 0 saturated carbocycles. The van der Waals surface area contributed by atoms with Crippen LogP contribution in [0.25, 0.3) is 0 Å². The Labute approximate surface area is 123 Å². The number of hydrogen-bond donors (Lipinski definition) is 2. The molecule has 0 aromatic heterocycles. The van der Waals surface area contributed by atoms with Crippen LogP contribution in [0.2, 0.25) is 0 Å². The summed E-state index contributed by atoms with van der Waals surface area (Å²) in [7, 11) is 0. The number of aryl methyl sites for hydroxylation is 1. The van der Waals surface area contributed by atoms with Gasteiger partial charge in [0.15, 0.2) is 0 Å². The molecule has 2 aromatic carbocycles. The first kappa shape index (κ1) is 15.0. The van der Waals surface area contributed by atoms with Crippen LogP contribution >= 0.6 is 11.8 Å². The van der Waals surface area contributed by atoms with E-state index in [0.717, 1.165) is 5.75 Å². The molecule has 20 heavy (non-hydrogen) atoms. The molecular weight excluding hydrogens is 271 g/mol. The Balaban J connectivity index is 1.96. The minimum atomic E-state index is -0.173. The Morgan fingerprint density at radius 1 is 1.15 bits per heavy atom. The summed E-state index contributed by atoms with van der Waals surface area (Å²) in [6, 6.07) is 15.1. The highest BCUT2D eigenvalue weighted by Gasteiger charge is 2.11. The van der Waals surface area contributed by atoms with Crippen LogP contribution in [0.15, 0.2) is 53.4 Å². The van der Waals surface area contributed by atoms with Gasteiger partial charge in [-0.05, 0) is 36.6 Å². The molecule has 2 aromatic rings. The van der Waals surface area contributed by atoms with E-state index in [2.05, 4.69) is 24.5 Å². The molecule has 106 valence electrons.